The van der Waals surface area contributed by atoms with Crippen LogP contribution in [0.3, 0.4) is 0 Å². The van der Waals surface area contributed by atoms with Crippen LogP contribution in [0.5, 0.6) is 0 Å². The lowest BCUT2D eigenvalue weighted by atomic mass is 10.0. The minimum Gasteiger partial charge on any atom is -0.481 e. The van der Waals surface area contributed by atoms with Crippen LogP contribution in [0.15, 0.2) is 30.3 Å². The van der Waals surface area contributed by atoms with E-state index in [0.29, 0.717) is 6.04 Å². The minimum atomic E-state index is -0.754. The molecule has 2 N–H and O–H groups in total. The topological polar surface area (TPSA) is 49.3 Å². The Bertz CT molecular complexity index is 392. The Labute approximate surface area is 122 Å². The van der Waals surface area contributed by atoms with Crippen molar-refractivity contribution in [1.29, 1.82) is 0 Å². The third kappa shape index (κ3) is 5.09. The van der Waals surface area contributed by atoms with Crippen LogP contribution in [-0.4, -0.2) is 40.1 Å². The second-order valence-corrected chi connectivity index (χ2v) is 6.87. The molecule has 0 unspecified atom stereocenters. The number of aliphatic carboxylic acids is 1. The van der Waals surface area contributed by atoms with Gasteiger partial charge in [0.15, 0.2) is 0 Å². The van der Waals surface area contributed by atoms with Crippen LogP contribution in [0.1, 0.15) is 18.0 Å². The first-order valence-electron chi connectivity index (χ1n) is 6.44. The summed E-state index contributed by atoms with van der Waals surface area (Å²) in [6, 6.07) is 10.2. The number of hydrogen-bond donors (Lipinski definition) is 2. The van der Waals surface area contributed by atoms with E-state index in [0.717, 1.165) is 17.1 Å². The summed E-state index contributed by atoms with van der Waals surface area (Å²) in [7, 11) is 0. The summed E-state index contributed by atoms with van der Waals surface area (Å²) in [6.07, 6.45) is 0.135. The van der Waals surface area contributed by atoms with E-state index < -0.39 is 5.97 Å². The molecule has 19 heavy (non-hydrogen) atoms. The zero-order valence-electron chi connectivity index (χ0n) is 10.7. The van der Waals surface area contributed by atoms with Gasteiger partial charge in [-0.15, -0.1) is 0 Å². The van der Waals surface area contributed by atoms with E-state index in [1.807, 2.05) is 53.9 Å². The van der Waals surface area contributed by atoms with Crippen LogP contribution in [0.4, 0.5) is 0 Å². The van der Waals surface area contributed by atoms with Crippen LogP contribution >= 0.6 is 23.5 Å². The first-order chi connectivity index (χ1) is 9.25. The maximum Gasteiger partial charge on any atom is 0.305 e. The summed E-state index contributed by atoms with van der Waals surface area (Å²) in [5, 5.41) is 12.6. The van der Waals surface area contributed by atoms with Gasteiger partial charge >= 0.3 is 5.97 Å². The number of carbonyl (C=O) groups is 1. The molecule has 3 nitrogen and oxygen atoms in total. The highest BCUT2D eigenvalue weighted by Crippen LogP contribution is 2.22. The molecule has 1 aliphatic heterocycles. The van der Waals surface area contributed by atoms with E-state index >= 15 is 0 Å². The predicted molar refractivity (Wildman–Crippen MR) is 83.0 cm³/mol. The highest BCUT2D eigenvalue weighted by molar-refractivity contribution is 8.03. The van der Waals surface area contributed by atoms with Gasteiger partial charge in [-0.3, -0.25) is 4.79 Å². The lowest BCUT2D eigenvalue weighted by Crippen LogP contribution is -2.37. The van der Waals surface area contributed by atoms with E-state index in [9.17, 15) is 4.79 Å². The monoisotopic (exact) mass is 297 g/mol. The smallest absolute Gasteiger partial charge is 0.305 e. The van der Waals surface area contributed by atoms with E-state index in [4.69, 9.17) is 5.11 Å². The van der Waals surface area contributed by atoms with Crippen molar-refractivity contribution in [3.8, 4) is 0 Å². The quantitative estimate of drug-likeness (QED) is 0.875. The van der Waals surface area contributed by atoms with Crippen LogP contribution in [0, 0.1) is 0 Å². The molecule has 0 spiro atoms. The van der Waals surface area contributed by atoms with Crippen molar-refractivity contribution in [2.75, 3.05) is 23.0 Å². The maximum atomic E-state index is 11.0. The third-order valence-electron chi connectivity index (χ3n) is 3.03. The van der Waals surface area contributed by atoms with Crippen LogP contribution < -0.4 is 5.32 Å². The molecule has 2 rings (SSSR count). The summed E-state index contributed by atoms with van der Waals surface area (Å²) >= 11 is 3.90. The number of hydrogen-bond acceptors (Lipinski definition) is 4. The average Bonchev–Trinajstić information content (AvgIpc) is 2.67. The summed E-state index contributed by atoms with van der Waals surface area (Å²) in [4.78, 5) is 11.0. The Morgan fingerprint density at radius 2 is 1.89 bits per heavy atom. The normalized spacial score (nSPS) is 18.7. The summed E-state index contributed by atoms with van der Waals surface area (Å²) < 4.78 is 0. The SMILES string of the molecule is O=C(O)C[C@@H](NC1CSCCSC1)c1ccccc1. The Balaban J connectivity index is 2.02. The number of carboxylic acids is 1. The molecule has 5 heteroatoms. The molecule has 1 fully saturated rings. The fourth-order valence-corrected chi connectivity index (χ4v) is 4.55. The molecule has 0 saturated carbocycles. The van der Waals surface area contributed by atoms with Gasteiger partial charge in [-0.25, -0.2) is 0 Å². The van der Waals surface area contributed by atoms with E-state index in [1.54, 1.807) is 0 Å². The fraction of sp³-hybridized carbons (Fsp3) is 0.500. The van der Waals surface area contributed by atoms with Gasteiger partial charge in [0.05, 0.1) is 6.42 Å². The van der Waals surface area contributed by atoms with Crippen LogP contribution in [0.25, 0.3) is 0 Å². The van der Waals surface area contributed by atoms with Crippen molar-refractivity contribution >= 4 is 29.5 Å². The van der Waals surface area contributed by atoms with Crippen LogP contribution in [-0.2, 0) is 4.79 Å². The van der Waals surface area contributed by atoms with Crippen molar-refractivity contribution in [1.82, 2.24) is 5.32 Å². The van der Waals surface area contributed by atoms with E-state index in [1.165, 1.54) is 11.5 Å². The Hall–Kier alpha value is -0.650. The van der Waals surface area contributed by atoms with Gasteiger partial charge in [-0.2, -0.15) is 23.5 Å². The molecular formula is C14H19NO2S2. The maximum absolute atomic E-state index is 11.0. The molecule has 0 bridgehead atoms. The summed E-state index contributed by atoms with van der Waals surface area (Å²) in [5.74, 6) is 3.76. The molecule has 0 aromatic heterocycles. The molecule has 0 aliphatic carbocycles. The number of thioether (sulfide) groups is 2. The summed E-state index contributed by atoms with van der Waals surface area (Å²) in [5.41, 5.74) is 1.06. The molecule has 104 valence electrons. The highest BCUT2D eigenvalue weighted by Gasteiger charge is 2.20. The predicted octanol–water partition coefficient (Wildman–Crippen LogP) is 2.64. The largest absolute Gasteiger partial charge is 0.481 e. The molecule has 1 heterocycles. The second-order valence-electron chi connectivity index (χ2n) is 4.57. The molecule has 1 aromatic carbocycles. The first-order valence-corrected chi connectivity index (χ1v) is 8.75. The van der Waals surface area contributed by atoms with E-state index in [-0.39, 0.29) is 12.5 Å². The number of rotatable bonds is 5. The average molecular weight is 297 g/mol. The van der Waals surface area contributed by atoms with Crippen molar-refractivity contribution in [2.45, 2.75) is 18.5 Å². The molecular weight excluding hydrogens is 278 g/mol. The van der Waals surface area contributed by atoms with Gasteiger partial charge in [0.25, 0.3) is 0 Å². The van der Waals surface area contributed by atoms with Crippen molar-refractivity contribution < 1.29 is 9.90 Å². The van der Waals surface area contributed by atoms with Crippen molar-refractivity contribution in [3.63, 3.8) is 0 Å². The molecule has 1 saturated heterocycles. The zero-order valence-corrected chi connectivity index (χ0v) is 12.4. The lowest BCUT2D eigenvalue weighted by Gasteiger charge is -2.23. The number of nitrogens with one attached hydrogen (secondary N) is 1. The van der Waals surface area contributed by atoms with Crippen molar-refractivity contribution in [3.05, 3.63) is 35.9 Å². The van der Waals surface area contributed by atoms with Gasteiger partial charge in [-0.05, 0) is 5.56 Å². The number of benzene rings is 1. The third-order valence-corrected chi connectivity index (χ3v) is 5.55. The zero-order chi connectivity index (χ0) is 13.5. The Kier molecular flexibility index (Phi) is 6.07. The van der Waals surface area contributed by atoms with Crippen molar-refractivity contribution in [2.24, 2.45) is 0 Å². The molecule has 1 atom stereocenters. The summed E-state index contributed by atoms with van der Waals surface area (Å²) in [6.45, 7) is 0. The first kappa shape index (κ1) is 14.8. The van der Waals surface area contributed by atoms with E-state index in [2.05, 4.69) is 5.32 Å². The van der Waals surface area contributed by atoms with Crippen LogP contribution in [0.2, 0.25) is 0 Å². The molecule has 1 aliphatic rings. The van der Waals surface area contributed by atoms with Gasteiger partial charge < -0.3 is 10.4 Å². The highest BCUT2D eigenvalue weighted by atomic mass is 32.2. The van der Waals surface area contributed by atoms with Gasteiger partial charge in [0, 0.05) is 35.1 Å². The fourth-order valence-electron chi connectivity index (χ4n) is 2.13. The standard InChI is InChI=1S/C14H19NO2S2/c16-14(17)8-13(11-4-2-1-3-5-11)15-12-9-18-6-7-19-10-12/h1-5,12-13,15H,6-10H2,(H,16,17)/t13-/m1/s1. The minimum absolute atomic E-state index is 0.0944. The Morgan fingerprint density at radius 1 is 1.26 bits per heavy atom. The molecule has 0 amide bonds. The number of carboxylic acid groups (broad SMARTS) is 1. The molecule has 1 aromatic rings. The molecule has 0 radical (unpaired) electrons. The Morgan fingerprint density at radius 3 is 2.47 bits per heavy atom. The van der Waals surface area contributed by atoms with Gasteiger partial charge in [0.1, 0.15) is 0 Å². The van der Waals surface area contributed by atoms with Gasteiger partial charge in [-0.1, -0.05) is 30.3 Å². The second kappa shape index (κ2) is 7.82. The lowest BCUT2D eigenvalue weighted by molar-refractivity contribution is -0.137. The van der Waals surface area contributed by atoms with Gasteiger partial charge in [0.2, 0.25) is 0 Å².